The number of primary amides is 1. The van der Waals surface area contributed by atoms with Gasteiger partial charge in [0.15, 0.2) is 0 Å². The van der Waals surface area contributed by atoms with Crippen molar-refractivity contribution in [1.29, 1.82) is 0 Å². The number of hydrogen-bond donors (Lipinski definition) is 2. The zero-order valence-electron chi connectivity index (χ0n) is 4.35. The van der Waals surface area contributed by atoms with E-state index >= 15 is 0 Å². The lowest BCUT2D eigenvalue weighted by Crippen LogP contribution is -2.47. The van der Waals surface area contributed by atoms with Crippen molar-refractivity contribution in [3.63, 3.8) is 0 Å². The third kappa shape index (κ3) is 0.765. The Morgan fingerprint density at radius 2 is 1.78 bits per heavy atom. The smallest absolute Gasteiger partial charge is 0.322 e. The molecule has 1 aliphatic heterocycles. The van der Waals surface area contributed by atoms with Gasteiger partial charge < -0.3 is 5.73 Å². The van der Waals surface area contributed by atoms with Crippen molar-refractivity contribution in [3.8, 4) is 0 Å². The summed E-state index contributed by atoms with van der Waals surface area (Å²) >= 11 is 0. The van der Waals surface area contributed by atoms with Crippen LogP contribution in [0.3, 0.4) is 0 Å². The topological polar surface area (TPSA) is 119 Å². The first-order chi connectivity index (χ1) is 4.15. The second-order valence-electron chi connectivity index (χ2n) is 1.47. The molecule has 0 radical (unpaired) electrons. The molecule has 9 heavy (non-hydrogen) atoms. The second kappa shape index (κ2) is 1.55. The minimum atomic E-state index is -1.75. The van der Waals surface area contributed by atoms with Crippen LogP contribution in [0.4, 0.5) is 0 Å². The van der Waals surface area contributed by atoms with Crippen LogP contribution in [0, 0.1) is 0 Å². The molecule has 0 aromatic carbocycles. The molecule has 0 aromatic heterocycles. The molecule has 0 spiro atoms. The molecule has 0 unspecified atom stereocenters. The summed E-state index contributed by atoms with van der Waals surface area (Å²) in [5.41, 5.74) is 9.87. The Morgan fingerprint density at radius 1 is 1.33 bits per heavy atom. The fraction of sp³-hybridized carbons (Fsp3) is 0.500. The van der Waals surface area contributed by atoms with Crippen LogP contribution in [-0.4, -0.2) is 11.7 Å². The van der Waals surface area contributed by atoms with Gasteiger partial charge in [0.25, 0.3) is 5.91 Å². The maximum Gasteiger partial charge on any atom is 0.322 e. The fourth-order valence-corrected chi connectivity index (χ4v) is 0.295. The lowest BCUT2D eigenvalue weighted by Gasteiger charge is -2.05. The predicted octanol–water partition coefficient (Wildman–Crippen LogP) is -1.08. The van der Waals surface area contributed by atoms with Gasteiger partial charge in [0, 0.05) is 0 Å². The first-order valence-corrected chi connectivity index (χ1v) is 2.08. The van der Waals surface area contributed by atoms with Gasteiger partial charge in [0.1, 0.15) is 0 Å². The highest BCUT2D eigenvalue weighted by molar-refractivity contribution is 5.83. The third-order valence-corrected chi connectivity index (χ3v) is 0.797. The van der Waals surface area contributed by atoms with Crippen molar-refractivity contribution >= 4 is 5.91 Å². The molecule has 0 saturated heterocycles. The quantitative estimate of drug-likeness (QED) is 0.466. The maximum atomic E-state index is 10.3. The Morgan fingerprint density at radius 3 is 2.00 bits per heavy atom. The van der Waals surface area contributed by atoms with Crippen LogP contribution in [0.1, 0.15) is 0 Å². The summed E-state index contributed by atoms with van der Waals surface area (Å²) in [4.78, 5) is 10.3. The van der Waals surface area contributed by atoms with Crippen LogP contribution in [-0.2, 0) is 4.79 Å². The molecule has 1 amide bonds. The van der Waals surface area contributed by atoms with Gasteiger partial charge in [-0.05, 0) is 10.4 Å². The molecule has 48 valence electrons. The normalized spacial score (nSPS) is 20.6. The monoisotopic (exact) mass is 128 g/mol. The van der Waals surface area contributed by atoms with Crippen molar-refractivity contribution in [3.05, 3.63) is 0 Å². The fourth-order valence-electron chi connectivity index (χ4n) is 0.295. The summed E-state index contributed by atoms with van der Waals surface area (Å²) in [7, 11) is 0. The van der Waals surface area contributed by atoms with Crippen molar-refractivity contribution in [2.75, 3.05) is 0 Å². The summed E-state index contributed by atoms with van der Waals surface area (Å²) < 4.78 is 0. The zero-order chi connectivity index (χ0) is 6.91. The third-order valence-electron chi connectivity index (χ3n) is 0.797. The lowest BCUT2D eigenvalue weighted by atomic mass is 10.4. The number of carbonyl (C=O) groups excluding carboxylic acids is 1. The maximum absolute atomic E-state index is 10.3. The van der Waals surface area contributed by atoms with Gasteiger partial charge in [-0.25, -0.2) is 0 Å². The molecule has 7 heteroatoms. The zero-order valence-corrected chi connectivity index (χ0v) is 4.35. The van der Waals surface area contributed by atoms with E-state index in [9.17, 15) is 4.79 Å². The number of nitrogens with two attached hydrogens (primary N) is 2. The molecule has 4 N–H and O–H groups in total. The molecule has 0 saturated carbocycles. The Balaban J connectivity index is 2.88. The summed E-state index contributed by atoms with van der Waals surface area (Å²) in [6.07, 6.45) is 0. The molecule has 0 bridgehead atoms. The number of amides is 1. The Kier molecular flexibility index (Phi) is 0.995. The van der Waals surface area contributed by atoms with Gasteiger partial charge >= 0.3 is 5.79 Å². The molecular formula is C2H4N6O. The van der Waals surface area contributed by atoms with Crippen molar-refractivity contribution in [2.24, 2.45) is 32.1 Å². The van der Waals surface area contributed by atoms with E-state index in [4.69, 9.17) is 11.5 Å². The van der Waals surface area contributed by atoms with Crippen molar-refractivity contribution in [1.82, 2.24) is 0 Å². The molecule has 0 fully saturated rings. The first-order valence-electron chi connectivity index (χ1n) is 2.08. The average Bonchev–Trinajstić information content (AvgIpc) is 2.16. The van der Waals surface area contributed by atoms with E-state index in [1.807, 2.05) is 0 Å². The van der Waals surface area contributed by atoms with Gasteiger partial charge in [0.2, 0.25) is 0 Å². The summed E-state index contributed by atoms with van der Waals surface area (Å²) in [6.45, 7) is 0. The molecule has 1 rings (SSSR count). The highest BCUT2D eigenvalue weighted by Gasteiger charge is 2.34. The van der Waals surface area contributed by atoms with Crippen molar-refractivity contribution < 1.29 is 4.79 Å². The molecular weight excluding hydrogens is 124 g/mol. The van der Waals surface area contributed by atoms with E-state index in [1.54, 1.807) is 0 Å². The van der Waals surface area contributed by atoms with Gasteiger partial charge in [-0.15, -0.1) is 10.2 Å². The van der Waals surface area contributed by atoms with Crippen LogP contribution in [0.25, 0.3) is 0 Å². The summed E-state index contributed by atoms with van der Waals surface area (Å²) in [6, 6.07) is 0. The SMILES string of the molecule is NC(=O)C1(N)N=NN=N1. The summed E-state index contributed by atoms with van der Waals surface area (Å²) in [5, 5.41) is 12.4. The van der Waals surface area contributed by atoms with Crippen LogP contribution in [0.15, 0.2) is 20.7 Å². The van der Waals surface area contributed by atoms with Gasteiger partial charge in [-0.1, -0.05) is 0 Å². The van der Waals surface area contributed by atoms with E-state index < -0.39 is 11.7 Å². The highest BCUT2D eigenvalue weighted by Crippen LogP contribution is 2.11. The Bertz CT molecular complexity index is 181. The number of nitrogens with zero attached hydrogens (tertiary/aromatic N) is 4. The molecule has 7 nitrogen and oxygen atoms in total. The van der Waals surface area contributed by atoms with Crippen molar-refractivity contribution in [2.45, 2.75) is 5.79 Å². The number of rotatable bonds is 1. The van der Waals surface area contributed by atoms with Gasteiger partial charge in [0.05, 0.1) is 0 Å². The standard InChI is InChI=1S/C2H4N6O/c3-1(9)2(4)5-7-8-6-2/h4H2,(H2,3,9). The van der Waals surface area contributed by atoms with E-state index in [2.05, 4.69) is 20.7 Å². The molecule has 0 atom stereocenters. The lowest BCUT2D eigenvalue weighted by molar-refractivity contribution is -0.122. The predicted molar refractivity (Wildman–Crippen MR) is 25.8 cm³/mol. The molecule has 1 heterocycles. The van der Waals surface area contributed by atoms with E-state index in [1.165, 1.54) is 0 Å². The number of carbonyl (C=O) groups is 1. The minimum Gasteiger partial charge on any atom is -0.364 e. The number of hydrogen-bond acceptors (Lipinski definition) is 6. The minimum absolute atomic E-state index is 0.868. The second-order valence-corrected chi connectivity index (χ2v) is 1.47. The highest BCUT2D eigenvalue weighted by atomic mass is 16.2. The largest absolute Gasteiger partial charge is 0.364 e. The molecule has 0 aliphatic carbocycles. The molecule has 1 aliphatic rings. The Hall–Kier alpha value is -1.37. The van der Waals surface area contributed by atoms with Crippen LogP contribution < -0.4 is 11.5 Å². The van der Waals surface area contributed by atoms with Crippen LogP contribution in [0.2, 0.25) is 0 Å². The van der Waals surface area contributed by atoms with Crippen LogP contribution >= 0.6 is 0 Å². The van der Waals surface area contributed by atoms with E-state index in [-0.39, 0.29) is 0 Å². The first kappa shape index (κ1) is 5.76. The Labute approximate surface area is 49.8 Å². The summed E-state index contributed by atoms with van der Waals surface area (Å²) in [5.74, 6) is -2.62. The van der Waals surface area contributed by atoms with Gasteiger partial charge in [-0.2, -0.15) is 0 Å². The van der Waals surface area contributed by atoms with E-state index in [0.717, 1.165) is 0 Å². The average molecular weight is 128 g/mol. The van der Waals surface area contributed by atoms with Crippen LogP contribution in [0.5, 0.6) is 0 Å². The van der Waals surface area contributed by atoms with Gasteiger partial charge in [-0.3, -0.25) is 10.5 Å². The molecule has 0 aromatic rings. The van der Waals surface area contributed by atoms with E-state index in [0.29, 0.717) is 0 Å².